The van der Waals surface area contributed by atoms with Gasteiger partial charge in [-0.2, -0.15) is 0 Å². The number of aromatic nitrogens is 2. The molecule has 0 aliphatic carbocycles. The van der Waals surface area contributed by atoms with Crippen LogP contribution in [0.5, 0.6) is 0 Å². The standard InChI is InChI=1S/C27H33N5O/c1-20-8-5-10-22(16-20)25-18-26(30-19-29-25)31-24-12-6-11-23(17-24)27(33)28-13-7-15-32-14-4-3-9-21(32)2/h5-6,8,10-12,16-19,21H,3-4,7,9,13-15H2,1-2H3,(H,28,33)(H,29,30,31). The average Bonchev–Trinajstić information content (AvgIpc) is 2.83. The zero-order valence-electron chi connectivity index (χ0n) is 19.6. The van der Waals surface area contributed by atoms with Crippen LogP contribution in [0.3, 0.4) is 0 Å². The fourth-order valence-corrected chi connectivity index (χ4v) is 4.35. The third kappa shape index (κ3) is 6.39. The first-order valence-electron chi connectivity index (χ1n) is 11.9. The Balaban J connectivity index is 1.33. The third-order valence-electron chi connectivity index (χ3n) is 6.23. The number of hydrogen-bond acceptors (Lipinski definition) is 5. The van der Waals surface area contributed by atoms with E-state index in [1.54, 1.807) is 6.33 Å². The van der Waals surface area contributed by atoms with Gasteiger partial charge in [0.15, 0.2) is 0 Å². The molecule has 0 spiro atoms. The van der Waals surface area contributed by atoms with E-state index in [0.29, 0.717) is 24.0 Å². The molecule has 3 aromatic rings. The molecule has 2 N–H and O–H groups in total. The molecule has 1 unspecified atom stereocenters. The summed E-state index contributed by atoms with van der Waals surface area (Å²) in [6, 6.07) is 18.3. The minimum absolute atomic E-state index is 0.0477. The molecular weight excluding hydrogens is 410 g/mol. The molecule has 1 aromatic heterocycles. The number of rotatable bonds is 8. The number of benzene rings is 2. The van der Waals surface area contributed by atoms with Gasteiger partial charge in [-0.05, 0) is 63.9 Å². The Morgan fingerprint density at radius 2 is 1.97 bits per heavy atom. The molecular formula is C27H33N5O. The zero-order valence-corrected chi connectivity index (χ0v) is 19.6. The van der Waals surface area contributed by atoms with Gasteiger partial charge in [-0.1, -0.05) is 36.2 Å². The molecule has 1 amide bonds. The van der Waals surface area contributed by atoms with Crippen molar-refractivity contribution < 1.29 is 4.79 Å². The van der Waals surface area contributed by atoms with Gasteiger partial charge in [-0.3, -0.25) is 4.79 Å². The van der Waals surface area contributed by atoms with Gasteiger partial charge in [-0.15, -0.1) is 0 Å². The highest BCUT2D eigenvalue weighted by Gasteiger charge is 2.17. The number of likely N-dealkylation sites (tertiary alicyclic amines) is 1. The molecule has 0 radical (unpaired) electrons. The van der Waals surface area contributed by atoms with Crippen LogP contribution in [0.4, 0.5) is 11.5 Å². The van der Waals surface area contributed by atoms with E-state index in [2.05, 4.69) is 51.5 Å². The summed E-state index contributed by atoms with van der Waals surface area (Å²) in [5, 5.41) is 6.36. The number of anilines is 2. The molecule has 1 fully saturated rings. The van der Waals surface area contributed by atoms with E-state index in [1.807, 2.05) is 42.5 Å². The maximum Gasteiger partial charge on any atom is 0.251 e. The van der Waals surface area contributed by atoms with Crippen LogP contribution in [0.1, 0.15) is 48.5 Å². The molecule has 1 aliphatic heterocycles. The van der Waals surface area contributed by atoms with Gasteiger partial charge in [-0.25, -0.2) is 9.97 Å². The van der Waals surface area contributed by atoms with Crippen molar-refractivity contribution in [1.82, 2.24) is 20.2 Å². The van der Waals surface area contributed by atoms with Crippen LogP contribution >= 0.6 is 0 Å². The van der Waals surface area contributed by atoms with Crippen molar-refractivity contribution in [2.24, 2.45) is 0 Å². The highest BCUT2D eigenvalue weighted by molar-refractivity contribution is 5.95. The first-order valence-corrected chi connectivity index (χ1v) is 11.9. The van der Waals surface area contributed by atoms with Crippen LogP contribution in [0, 0.1) is 6.92 Å². The molecule has 6 nitrogen and oxygen atoms in total. The second-order valence-corrected chi connectivity index (χ2v) is 8.85. The van der Waals surface area contributed by atoms with Crippen LogP contribution in [-0.4, -0.2) is 46.5 Å². The minimum atomic E-state index is -0.0477. The first kappa shape index (κ1) is 22.9. The lowest BCUT2D eigenvalue weighted by atomic mass is 10.0. The monoisotopic (exact) mass is 443 g/mol. The van der Waals surface area contributed by atoms with Gasteiger partial charge in [0.2, 0.25) is 0 Å². The van der Waals surface area contributed by atoms with Crippen molar-refractivity contribution >= 4 is 17.4 Å². The van der Waals surface area contributed by atoms with Crippen LogP contribution in [-0.2, 0) is 0 Å². The summed E-state index contributed by atoms with van der Waals surface area (Å²) < 4.78 is 0. The van der Waals surface area contributed by atoms with Crippen molar-refractivity contribution in [3.63, 3.8) is 0 Å². The first-order chi connectivity index (χ1) is 16.1. The number of amides is 1. The number of nitrogens with one attached hydrogen (secondary N) is 2. The Morgan fingerprint density at radius 3 is 2.82 bits per heavy atom. The molecule has 0 saturated carbocycles. The summed E-state index contributed by atoms with van der Waals surface area (Å²) in [6.07, 6.45) is 6.43. The van der Waals surface area contributed by atoms with Gasteiger partial charge < -0.3 is 15.5 Å². The second kappa shape index (κ2) is 11.1. The van der Waals surface area contributed by atoms with E-state index >= 15 is 0 Å². The highest BCUT2D eigenvalue weighted by Crippen LogP contribution is 2.22. The Labute approximate surface area is 196 Å². The molecule has 2 heterocycles. The zero-order chi connectivity index (χ0) is 23.0. The molecule has 33 heavy (non-hydrogen) atoms. The van der Waals surface area contributed by atoms with Crippen molar-refractivity contribution in [2.45, 2.75) is 45.6 Å². The SMILES string of the molecule is Cc1cccc(-c2cc(Nc3cccc(C(=O)NCCCN4CCCCC4C)c3)ncn2)c1. The number of hydrogen-bond donors (Lipinski definition) is 2. The molecule has 4 rings (SSSR count). The Morgan fingerprint density at radius 1 is 1.09 bits per heavy atom. The van der Waals surface area contributed by atoms with Gasteiger partial charge in [0.1, 0.15) is 12.1 Å². The average molecular weight is 444 g/mol. The summed E-state index contributed by atoms with van der Waals surface area (Å²) >= 11 is 0. The van der Waals surface area contributed by atoms with E-state index in [-0.39, 0.29) is 5.91 Å². The number of nitrogens with zero attached hydrogens (tertiary/aromatic N) is 3. The predicted octanol–water partition coefficient (Wildman–Crippen LogP) is 5.19. The van der Waals surface area contributed by atoms with Crippen LogP contribution in [0.2, 0.25) is 0 Å². The Kier molecular flexibility index (Phi) is 7.68. The van der Waals surface area contributed by atoms with E-state index in [4.69, 9.17) is 0 Å². The maximum absolute atomic E-state index is 12.7. The van der Waals surface area contributed by atoms with Crippen LogP contribution in [0.25, 0.3) is 11.3 Å². The predicted molar refractivity (Wildman–Crippen MR) is 134 cm³/mol. The number of piperidine rings is 1. The molecule has 1 saturated heterocycles. The van der Waals surface area contributed by atoms with E-state index in [1.165, 1.54) is 31.4 Å². The molecule has 6 heteroatoms. The molecule has 1 atom stereocenters. The lowest BCUT2D eigenvalue weighted by Gasteiger charge is -2.33. The Hall–Kier alpha value is -3.25. The van der Waals surface area contributed by atoms with E-state index < -0.39 is 0 Å². The second-order valence-electron chi connectivity index (χ2n) is 8.85. The van der Waals surface area contributed by atoms with Crippen molar-refractivity contribution in [3.8, 4) is 11.3 Å². The van der Waals surface area contributed by atoms with Gasteiger partial charge >= 0.3 is 0 Å². The van der Waals surface area contributed by atoms with Crippen molar-refractivity contribution in [1.29, 1.82) is 0 Å². The molecule has 2 aromatic carbocycles. The van der Waals surface area contributed by atoms with Gasteiger partial charge in [0.05, 0.1) is 5.69 Å². The number of aryl methyl sites for hydroxylation is 1. The topological polar surface area (TPSA) is 70.2 Å². The summed E-state index contributed by atoms with van der Waals surface area (Å²) in [5.74, 6) is 0.642. The quantitative estimate of drug-likeness (QED) is 0.469. The summed E-state index contributed by atoms with van der Waals surface area (Å²) in [4.78, 5) is 23.9. The summed E-state index contributed by atoms with van der Waals surface area (Å²) in [7, 11) is 0. The van der Waals surface area contributed by atoms with Crippen molar-refractivity contribution in [2.75, 3.05) is 25.0 Å². The normalized spacial score (nSPS) is 16.4. The maximum atomic E-state index is 12.7. The lowest BCUT2D eigenvalue weighted by molar-refractivity contribution is 0.0949. The molecule has 0 bridgehead atoms. The third-order valence-corrected chi connectivity index (χ3v) is 6.23. The summed E-state index contributed by atoms with van der Waals surface area (Å²) in [6.45, 7) is 7.27. The highest BCUT2D eigenvalue weighted by atomic mass is 16.1. The smallest absolute Gasteiger partial charge is 0.251 e. The van der Waals surface area contributed by atoms with Gasteiger partial charge in [0.25, 0.3) is 5.91 Å². The minimum Gasteiger partial charge on any atom is -0.352 e. The summed E-state index contributed by atoms with van der Waals surface area (Å²) in [5.41, 5.74) is 4.54. The fraction of sp³-hybridized carbons (Fsp3) is 0.370. The largest absolute Gasteiger partial charge is 0.352 e. The Bertz CT molecular complexity index is 1080. The fourth-order valence-electron chi connectivity index (χ4n) is 4.35. The number of carbonyl (C=O) groups is 1. The molecule has 1 aliphatic rings. The van der Waals surface area contributed by atoms with Crippen LogP contribution < -0.4 is 10.6 Å². The van der Waals surface area contributed by atoms with E-state index in [0.717, 1.165) is 29.9 Å². The number of carbonyl (C=O) groups excluding carboxylic acids is 1. The molecule has 172 valence electrons. The van der Waals surface area contributed by atoms with Crippen molar-refractivity contribution in [3.05, 3.63) is 72.1 Å². The van der Waals surface area contributed by atoms with Gasteiger partial charge in [0, 0.05) is 42.0 Å². The van der Waals surface area contributed by atoms with E-state index in [9.17, 15) is 4.79 Å². The lowest BCUT2D eigenvalue weighted by Crippen LogP contribution is -2.39. The van der Waals surface area contributed by atoms with Crippen LogP contribution in [0.15, 0.2) is 60.9 Å².